The van der Waals surface area contributed by atoms with Crippen molar-refractivity contribution in [1.82, 2.24) is 15.6 Å². The number of hydrogen-bond donors (Lipinski definition) is 4. The lowest BCUT2D eigenvalue weighted by atomic mass is 10.1. The highest BCUT2D eigenvalue weighted by Crippen LogP contribution is 2.09. The van der Waals surface area contributed by atoms with Crippen LogP contribution in [0.25, 0.3) is 0 Å². The molecule has 0 spiro atoms. The number of nitrogens with zero attached hydrogens (tertiary/aromatic N) is 3. The Labute approximate surface area is 155 Å². The van der Waals surface area contributed by atoms with Crippen LogP contribution in [0.1, 0.15) is 25.7 Å². The number of nitrogens with two attached hydrogens (primary N) is 2. The third-order valence-corrected chi connectivity index (χ3v) is 3.87. The first-order chi connectivity index (χ1) is 12.7. The van der Waals surface area contributed by atoms with Crippen LogP contribution in [0.5, 0.6) is 0 Å². The highest BCUT2D eigenvalue weighted by Gasteiger charge is 2.28. The molecule has 1 aliphatic heterocycles. The number of esters is 1. The molecule has 1 rings (SSSR count). The Bertz CT molecular complexity index is 597. The number of carbonyl (C=O) groups excluding carboxylic acids is 3. The molecular formula is C14H25N7O6. The van der Waals surface area contributed by atoms with Gasteiger partial charge in [-0.1, -0.05) is 5.43 Å². The number of ether oxygens (including phenoxy) is 1. The van der Waals surface area contributed by atoms with E-state index in [0.717, 1.165) is 0 Å². The van der Waals surface area contributed by atoms with E-state index in [0.29, 0.717) is 25.8 Å². The number of nitrogens with one attached hydrogen (secondary N) is 2. The maximum Gasteiger partial charge on any atom is 0.328 e. The van der Waals surface area contributed by atoms with Gasteiger partial charge in [0.15, 0.2) is 5.03 Å². The lowest BCUT2D eigenvalue weighted by Crippen LogP contribution is -2.53. The zero-order valence-electron chi connectivity index (χ0n) is 15.1. The second-order valence-corrected chi connectivity index (χ2v) is 5.93. The fourth-order valence-corrected chi connectivity index (χ4v) is 2.56. The van der Waals surface area contributed by atoms with E-state index >= 15 is 0 Å². The number of carbonyl (C=O) groups is 3. The summed E-state index contributed by atoms with van der Waals surface area (Å²) in [6.07, 6.45) is 1.78. The van der Waals surface area contributed by atoms with E-state index in [2.05, 4.69) is 15.0 Å². The van der Waals surface area contributed by atoms with Crippen molar-refractivity contribution in [3.8, 4) is 0 Å². The zero-order valence-corrected chi connectivity index (χ0v) is 15.1. The molecular weight excluding hydrogens is 362 g/mol. The van der Waals surface area contributed by atoms with Crippen LogP contribution in [0.4, 0.5) is 0 Å². The summed E-state index contributed by atoms with van der Waals surface area (Å²) < 4.78 is 4.66. The number of nitro groups is 1. The van der Waals surface area contributed by atoms with E-state index in [4.69, 9.17) is 11.5 Å². The monoisotopic (exact) mass is 387 g/mol. The SMILES string of the molecule is COC(=O)[C@H](CCCN=C(N)N[N+](=O)[O-])NC(=O)CN1CCCC(N)C1=O. The van der Waals surface area contributed by atoms with Crippen molar-refractivity contribution in [3.63, 3.8) is 0 Å². The van der Waals surface area contributed by atoms with E-state index in [1.165, 1.54) is 12.0 Å². The van der Waals surface area contributed by atoms with Crippen LogP contribution in [0, 0.1) is 10.1 Å². The minimum atomic E-state index is -0.934. The molecule has 2 amide bonds. The number of methoxy groups -OCH3 is 1. The molecule has 0 aromatic heterocycles. The Kier molecular flexibility index (Phi) is 8.92. The molecule has 0 saturated carbocycles. The summed E-state index contributed by atoms with van der Waals surface area (Å²) in [4.78, 5) is 51.2. The fourth-order valence-electron chi connectivity index (χ4n) is 2.56. The molecule has 27 heavy (non-hydrogen) atoms. The Hall–Kier alpha value is -2.96. The first kappa shape index (κ1) is 22.1. The summed E-state index contributed by atoms with van der Waals surface area (Å²) in [6.45, 7) is 0.341. The second-order valence-electron chi connectivity index (χ2n) is 5.93. The summed E-state index contributed by atoms with van der Waals surface area (Å²) in [6, 6.07) is -1.55. The minimum absolute atomic E-state index is 0.107. The Morgan fingerprint density at radius 2 is 2.22 bits per heavy atom. The van der Waals surface area contributed by atoms with Gasteiger partial charge in [0.25, 0.3) is 5.96 Å². The molecule has 152 valence electrons. The molecule has 0 radical (unpaired) electrons. The molecule has 0 aromatic carbocycles. The first-order valence-corrected chi connectivity index (χ1v) is 8.37. The lowest BCUT2D eigenvalue weighted by Gasteiger charge is -2.30. The third-order valence-electron chi connectivity index (χ3n) is 3.87. The maximum absolute atomic E-state index is 12.2. The maximum atomic E-state index is 12.2. The van der Waals surface area contributed by atoms with Gasteiger partial charge in [-0.15, -0.1) is 0 Å². The van der Waals surface area contributed by atoms with Gasteiger partial charge >= 0.3 is 5.97 Å². The molecule has 6 N–H and O–H groups in total. The van der Waals surface area contributed by atoms with Crippen LogP contribution in [0.3, 0.4) is 0 Å². The van der Waals surface area contributed by atoms with E-state index in [-0.39, 0.29) is 31.4 Å². The number of hydrogen-bond acceptors (Lipinski definition) is 8. The van der Waals surface area contributed by atoms with Crippen LogP contribution >= 0.6 is 0 Å². The van der Waals surface area contributed by atoms with E-state index in [1.807, 2.05) is 0 Å². The average Bonchev–Trinajstić information content (AvgIpc) is 2.60. The Balaban J connectivity index is 2.51. The second kappa shape index (κ2) is 10.9. The molecule has 13 heteroatoms. The molecule has 1 unspecified atom stereocenters. The van der Waals surface area contributed by atoms with Crippen LogP contribution in [-0.4, -0.2) is 72.5 Å². The number of piperidine rings is 1. The van der Waals surface area contributed by atoms with Crippen molar-refractivity contribution in [2.45, 2.75) is 37.8 Å². The van der Waals surface area contributed by atoms with Gasteiger partial charge in [-0.25, -0.2) is 19.9 Å². The van der Waals surface area contributed by atoms with E-state index < -0.39 is 29.0 Å². The highest BCUT2D eigenvalue weighted by atomic mass is 16.7. The third kappa shape index (κ3) is 7.85. The molecule has 0 aromatic rings. The van der Waals surface area contributed by atoms with Gasteiger partial charge in [0.1, 0.15) is 6.04 Å². The fraction of sp³-hybridized carbons (Fsp3) is 0.714. The summed E-state index contributed by atoms with van der Waals surface area (Å²) in [5, 5.41) is 11.9. The van der Waals surface area contributed by atoms with Gasteiger partial charge in [0.2, 0.25) is 11.8 Å². The Morgan fingerprint density at radius 1 is 1.52 bits per heavy atom. The number of rotatable bonds is 9. The van der Waals surface area contributed by atoms with Crippen LogP contribution in [0.2, 0.25) is 0 Å². The van der Waals surface area contributed by atoms with Crippen LogP contribution < -0.4 is 22.2 Å². The van der Waals surface area contributed by atoms with Crippen molar-refractivity contribution in [1.29, 1.82) is 0 Å². The van der Waals surface area contributed by atoms with Crippen molar-refractivity contribution in [3.05, 3.63) is 10.1 Å². The predicted octanol–water partition coefficient (Wildman–Crippen LogP) is -2.53. The standard InChI is InChI=1S/C14H25N7O6/c1-27-13(24)10(5-2-6-17-14(16)19-21(25)26)18-11(22)8-20-7-3-4-9(15)12(20)23/h9-10H,2-8,15H2,1H3,(H,18,22)(H3,16,17,19)/t9?,10-/m0/s1. The minimum Gasteiger partial charge on any atom is -0.467 e. The molecule has 2 atom stereocenters. The molecule has 1 aliphatic rings. The Morgan fingerprint density at radius 3 is 2.85 bits per heavy atom. The quantitative estimate of drug-likeness (QED) is 0.0823. The lowest BCUT2D eigenvalue weighted by molar-refractivity contribution is -0.525. The van der Waals surface area contributed by atoms with Crippen molar-refractivity contribution in [2.75, 3.05) is 26.7 Å². The topological polar surface area (TPSA) is 195 Å². The predicted molar refractivity (Wildman–Crippen MR) is 93.6 cm³/mol. The number of guanidine groups is 1. The molecule has 13 nitrogen and oxygen atoms in total. The smallest absolute Gasteiger partial charge is 0.328 e. The molecule has 1 saturated heterocycles. The normalized spacial score (nSPS) is 18.6. The number of likely N-dealkylation sites (tertiary alicyclic amines) is 1. The first-order valence-electron chi connectivity index (χ1n) is 8.37. The number of hydrazine groups is 1. The highest BCUT2D eigenvalue weighted by molar-refractivity contribution is 5.90. The van der Waals surface area contributed by atoms with Gasteiger partial charge < -0.3 is 26.4 Å². The van der Waals surface area contributed by atoms with Crippen molar-refractivity contribution >= 4 is 23.7 Å². The van der Waals surface area contributed by atoms with Crippen molar-refractivity contribution < 1.29 is 24.2 Å². The van der Waals surface area contributed by atoms with Crippen LogP contribution in [0.15, 0.2) is 4.99 Å². The van der Waals surface area contributed by atoms with E-state index in [9.17, 15) is 24.5 Å². The van der Waals surface area contributed by atoms with Crippen molar-refractivity contribution in [2.24, 2.45) is 16.5 Å². The van der Waals surface area contributed by atoms with E-state index in [1.54, 1.807) is 5.43 Å². The zero-order chi connectivity index (χ0) is 20.4. The summed E-state index contributed by atoms with van der Waals surface area (Å²) in [7, 11) is 1.19. The molecule has 1 fully saturated rings. The largest absolute Gasteiger partial charge is 0.467 e. The van der Waals surface area contributed by atoms with Gasteiger partial charge in [-0.05, 0) is 25.7 Å². The molecule has 0 aliphatic carbocycles. The summed E-state index contributed by atoms with van der Waals surface area (Å²) >= 11 is 0. The number of aliphatic imine (C=N–C) groups is 1. The van der Waals surface area contributed by atoms with Crippen LogP contribution in [-0.2, 0) is 19.1 Å². The molecule has 1 heterocycles. The van der Waals surface area contributed by atoms with Gasteiger partial charge in [0, 0.05) is 13.1 Å². The van der Waals surface area contributed by atoms with Gasteiger partial charge in [-0.3, -0.25) is 9.59 Å². The molecule has 0 bridgehead atoms. The van der Waals surface area contributed by atoms with Gasteiger partial charge in [0.05, 0.1) is 19.7 Å². The summed E-state index contributed by atoms with van der Waals surface area (Å²) in [5.74, 6) is -1.82. The average molecular weight is 387 g/mol. The number of amides is 2. The van der Waals surface area contributed by atoms with Gasteiger partial charge in [-0.2, -0.15) is 0 Å². The summed E-state index contributed by atoms with van der Waals surface area (Å²) in [5.41, 5.74) is 12.6.